The van der Waals surface area contributed by atoms with Crippen LogP contribution in [0.4, 0.5) is 5.69 Å². The van der Waals surface area contributed by atoms with Gasteiger partial charge in [-0.15, -0.1) is 0 Å². The molecule has 0 bridgehead atoms. The molecule has 3 aromatic rings. The monoisotopic (exact) mass is 407 g/mol. The van der Waals surface area contributed by atoms with Crippen molar-refractivity contribution in [1.29, 1.82) is 0 Å². The van der Waals surface area contributed by atoms with E-state index in [-0.39, 0.29) is 18.0 Å². The number of aryl methyl sites for hydroxylation is 1. The van der Waals surface area contributed by atoms with Crippen LogP contribution in [0.3, 0.4) is 0 Å². The number of hydrogen-bond donors (Lipinski definition) is 1. The summed E-state index contributed by atoms with van der Waals surface area (Å²) < 4.78 is 1.28. The lowest BCUT2D eigenvalue weighted by Gasteiger charge is -2.20. The Morgan fingerprint density at radius 2 is 1.83 bits per heavy atom. The van der Waals surface area contributed by atoms with Gasteiger partial charge in [0.05, 0.1) is 16.4 Å². The summed E-state index contributed by atoms with van der Waals surface area (Å²) in [6, 6.07) is 15.2. The predicted octanol–water partition coefficient (Wildman–Crippen LogP) is 4.39. The van der Waals surface area contributed by atoms with E-state index in [1.54, 1.807) is 12.1 Å². The van der Waals surface area contributed by atoms with Crippen molar-refractivity contribution in [2.75, 3.05) is 5.32 Å². The molecule has 1 aromatic heterocycles. The maximum Gasteiger partial charge on any atom is 0.270 e. The third kappa shape index (κ3) is 4.10. The first kappa shape index (κ1) is 19.4. The molecule has 0 spiro atoms. The number of fused-ring (bicyclic) bond motifs is 1. The molecule has 2 aromatic carbocycles. The smallest absolute Gasteiger partial charge is 0.270 e. The second kappa shape index (κ2) is 8.21. The number of carbonyl (C=O) groups excluding carboxylic acids is 1. The Balaban J connectivity index is 1.68. The van der Waals surface area contributed by atoms with Gasteiger partial charge in [-0.25, -0.2) is 4.68 Å². The van der Waals surface area contributed by atoms with Crippen molar-refractivity contribution in [2.24, 2.45) is 0 Å². The van der Waals surface area contributed by atoms with Gasteiger partial charge in [-0.1, -0.05) is 48.0 Å². The van der Waals surface area contributed by atoms with Crippen molar-refractivity contribution in [2.45, 2.75) is 39.2 Å². The van der Waals surface area contributed by atoms with Crippen LogP contribution in [0, 0.1) is 6.92 Å². The van der Waals surface area contributed by atoms with Gasteiger partial charge >= 0.3 is 0 Å². The second-order valence-corrected chi connectivity index (χ2v) is 7.78. The van der Waals surface area contributed by atoms with Crippen LogP contribution in [-0.4, -0.2) is 15.7 Å². The second-order valence-electron chi connectivity index (χ2n) is 7.37. The zero-order chi connectivity index (χ0) is 20.4. The van der Waals surface area contributed by atoms with Gasteiger partial charge in [-0.3, -0.25) is 9.59 Å². The lowest BCUT2D eigenvalue weighted by molar-refractivity contribution is -0.117. The molecule has 1 heterocycles. The Bertz CT molecular complexity index is 1120. The molecule has 0 saturated carbocycles. The fourth-order valence-corrected chi connectivity index (χ4v) is 4.05. The van der Waals surface area contributed by atoms with E-state index in [1.807, 2.05) is 43.3 Å². The number of rotatable bonds is 4. The van der Waals surface area contributed by atoms with E-state index in [2.05, 4.69) is 10.4 Å². The van der Waals surface area contributed by atoms with Crippen molar-refractivity contribution < 1.29 is 4.79 Å². The summed E-state index contributed by atoms with van der Waals surface area (Å²) in [5.74, 6) is -0.333. The third-order valence-corrected chi connectivity index (χ3v) is 5.52. The normalized spacial score (nSPS) is 13.0. The van der Waals surface area contributed by atoms with E-state index >= 15 is 0 Å². The highest BCUT2D eigenvalue weighted by atomic mass is 35.5. The summed E-state index contributed by atoms with van der Waals surface area (Å²) in [6.45, 7) is 1.77. The van der Waals surface area contributed by atoms with Crippen molar-refractivity contribution >= 4 is 23.2 Å². The Kier molecular flexibility index (Phi) is 5.49. The van der Waals surface area contributed by atoms with Gasteiger partial charge < -0.3 is 5.32 Å². The molecule has 5 nitrogen and oxygen atoms in total. The predicted molar refractivity (Wildman–Crippen MR) is 115 cm³/mol. The van der Waals surface area contributed by atoms with Crippen LogP contribution in [0.5, 0.6) is 0 Å². The van der Waals surface area contributed by atoms with Gasteiger partial charge in [0.1, 0.15) is 6.54 Å². The lowest BCUT2D eigenvalue weighted by atomic mass is 9.90. The summed E-state index contributed by atoms with van der Waals surface area (Å²) in [4.78, 5) is 25.6. The molecule has 0 aliphatic heterocycles. The topological polar surface area (TPSA) is 64.0 Å². The summed E-state index contributed by atoms with van der Waals surface area (Å²) in [5, 5.41) is 7.83. The number of nitrogens with zero attached hydrogens (tertiary/aromatic N) is 2. The molecule has 148 valence electrons. The van der Waals surface area contributed by atoms with Gasteiger partial charge in [-0.05, 0) is 55.9 Å². The summed E-state index contributed by atoms with van der Waals surface area (Å²) in [6.07, 6.45) is 3.59. The van der Waals surface area contributed by atoms with Crippen LogP contribution in [-0.2, 0) is 24.2 Å². The van der Waals surface area contributed by atoms with Gasteiger partial charge in [0.25, 0.3) is 5.56 Å². The highest BCUT2D eigenvalue weighted by Gasteiger charge is 2.22. The van der Waals surface area contributed by atoms with Gasteiger partial charge in [0, 0.05) is 11.1 Å². The first-order valence-electron chi connectivity index (χ1n) is 9.77. The average Bonchev–Trinajstić information content (AvgIpc) is 2.73. The van der Waals surface area contributed by atoms with E-state index in [4.69, 9.17) is 11.6 Å². The number of benzene rings is 2. The summed E-state index contributed by atoms with van der Waals surface area (Å²) in [5.41, 5.74) is 4.91. The van der Waals surface area contributed by atoms with Crippen LogP contribution in [0.1, 0.15) is 29.5 Å². The Hall–Kier alpha value is -2.92. The zero-order valence-corrected chi connectivity index (χ0v) is 17.0. The van der Waals surface area contributed by atoms with Crippen LogP contribution in [0.2, 0.25) is 5.02 Å². The summed E-state index contributed by atoms with van der Waals surface area (Å²) in [7, 11) is 0. The number of amides is 1. The maximum atomic E-state index is 13.0. The molecule has 1 aliphatic rings. The van der Waals surface area contributed by atoms with E-state index in [1.165, 1.54) is 4.68 Å². The van der Waals surface area contributed by atoms with E-state index in [9.17, 15) is 9.59 Å². The molecule has 1 N–H and O–H groups in total. The highest BCUT2D eigenvalue weighted by molar-refractivity contribution is 6.33. The Morgan fingerprint density at radius 3 is 2.55 bits per heavy atom. The minimum absolute atomic E-state index is 0.157. The van der Waals surface area contributed by atoms with E-state index in [0.717, 1.165) is 53.6 Å². The number of nitrogens with one attached hydrogen (secondary N) is 1. The van der Waals surface area contributed by atoms with Crippen LogP contribution in [0.15, 0.2) is 53.3 Å². The Morgan fingerprint density at radius 1 is 1.10 bits per heavy atom. The van der Waals surface area contributed by atoms with Gasteiger partial charge in [-0.2, -0.15) is 5.10 Å². The minimum atomic E-state index is -0.333. The number of aromatic nitrogens is 2. The minimum Gasteiger partial charge on any atom is -0.323 e. The van der Waals surface area contributed by atoms with Gasteiger partial charge in [0.15, 0.2) is 0 Å². The van der Waals surface area contributed by atoms with Crippen LogP contribution in [0.25, 0.3) is 11.3 Å². The van der Waals surface area contributed by atoms with Crippen LogP contribution >= 0.6 is 11.6 Å². The quantitative estimate of drug-likeness (QED) is 0.697. The number of carbonyl (C=O) groups is 1. The maximum absolute atomic E-state index is 13.0. The third-order valence-electron chi connectivity index (χ3n) is 5.21. The molecule has 1 aliphatic carbocycles. The Labute approximate surface area is 174 Å². The molecular formula is C23H22ClN3O2. The van der Waals surface area contributed by atoms with Crippen molar-refractivity contribution in [3.63, 3.8) is 0 Å². The molecule has 0 radical (unpaired) electrons. The fraction of sp³-hybridized carbons (Fsp3) is 0.261. The molecule has 29 heavy (non-hydrogen) atoms. The average molecular weight is 408 g/mol. The van der Waals surface area contributed by atoms with E-state index in [0.29, 0.717) is 10.7 Å². The molecule has 0 fully saturated rings. The number of hydrogen-bond acceptors (Lipinski definition) is 3. The van der Waals surface area contributed by atoms with Crippen LogP contribution < -0.4 is 10.9 Å². The lowest BCUT2D eigenvalue weighted by Crippen LogP contribution is -2.34. The number of halogens is 1. The molecule has 6 heteroatoms. The molecular weight excluding hydrogens is 386 g/mol. The molecule has 0 atom stereocenters. The standard InChI is InChI=1S/C23H22ClN3O2/c1-15-11-12-20(19(24)13-15)25-21(28)14-27-23(29)18-10-6-5-9-17(18)22(26-27)16-7-3-2-4-8-16/h2-4,7-8,11-13H,5-6,9-10,14H2,1H3,(H,25,28). The largest absolute Gasteiger partial charge is 0.323 e. The van der Waals surface area contributed by atoms with Gasteiger partial charge in [0.2, 0.25) is 5.91 Å². The first-order valence-corrected chi connectivity index (χ1v) is 10.1. The molecule has 4 rings (SSSR count). The van der Waals surface area contributed by atoms with Crippen molar-refractivity contribution in [1.82, 2.24) is 9.78 Å². The molecule has 0 unspecified atom stereocenters. The summed E-state index contributed by atoms with van der Waals surface area (Å²) >= 11 is 6.21. The molecule has 1 amide bonds. The first-order chi connectivity index (χ1) is 14.0. The fourth-order valence-electron chi connectivity index (χ4n) is 3.77. The SMILES string of the molecule is Cc1ccc(NC(=O)Cn2nc(-c3ccccc3)c3c(c2=O)CCCC3)c(Cl)c1. The van der Waals surface area contributed by atoms with Crippen molar-refractivity contribution in [3.05, 3.63) is 80.6 Å². The van der Waals surface area contributed by atoms with E-state index < -0.39 is 0 Å². The molecule has 0 saturated heterocycles. The highest BCUT2D eigenvalue weighted by Crippen LogP contribution is 2.28. The zero-order valence-electron chi connectivity index (χ0n) is 16.2. The number of anilines is 1. The van der Waals surface area contributed by atoms with Crippen molar-refractivity contribution in [3.8, 4) is 11.3 Å².